The van der Waals surface area contributed by atoms with Crippen LogP contribution in [-0.4, -0.2) is 16.1 Å². The Bertz CT molecular complexity index is 1110. The molecular formula is C24H20N2O3. The average molecular weight is 384 g/mol. The van der Waals surface area contributed by atoms with E-state index in [1.54, 1.807) is 12.1 Å². The number of carboxylic acid groups (broad SMARTS) is 1. The molecule has 2 N–H and O–H groups in total. The zero-order valence-corrected chi connectivity index (χ0v) is 15.7. The molecule has 0 saturated carbocycles. The van der Waals surface area contributed by atoms with Gasteiger partial charge in [0.1, 0.15) is 12.4 Å². The number of nitrogens with one attached hydrogen (secondary N) is 1. The summed E-state index contributed by atoms with van der Waals surface area (Å²) in [4.78, 5) is 16.2. The highest BCUT2D eigenvalue weighted by Gasteiger charge is 2.19. The van der Waals surface area contributed by atoms with Crippen molar-refractivity contribution in [1.82, 2.24) is 4.98 Å². The second-order valence-electron chi connectivity index (χ2n) is 6.63. The van der Waals surface area contributed by atoms with E-state index in [0.29, 0.717) is 23.6 Å². The highest BCUT2D eigenvalue weighted by molar-refractivity contribution is 5.79. The van der Waals surface area contributed by atoms with Gasteiger partial charge in [-0.05, 0) is 42.0 Å². The number of benzene rings is 3. The van der Waals surface area contributed by atoms with Crippen LogP contribution in [0.5, 0.6) is 5.75 Å². The fraction of sp³-hybridized carbons (Fsp3) is 0.0833. The van der Waals surface area contributed by atoms with E-state index in [-0.39, 0.29) is 0 Å². The summed E-state index contributed by atoms with van der Waals surface area (Å²) in [6.07, 6.45) is 0. The van der Waals surface area contributed by atoms with E-state index in [1.165, 1.54) is 0 Å². The molecule has 0 fully saturated rings. The number of nitrogens with zero attached hydrogens (tertiary/aromatic N) is 1. The molecule has 144 valence electrons. The number of hydrogen-bond donors (Lipinski definition) is 2. The molecule has 1 unspecified atom stereocenters. The number of hydrogen-bond acceptors (Lipinski definition) is 4. The first kappa shape index (κ1) is 18.5. The molecular weight excluding hydrogens is 364 g/mol. The van der Waals surface area contributed by atoms with Gasteiger partial charge in [0.15, 0.2) is 6.04 Å². The summed E-state index contributed by atoms with van der Waals surface area (Å²) in [7, 11) is 0. The number of ether oxygens (including phenoxy) is 1. The first-order valence-corrected chi connectivity index (χ1v) is 9.31. The fourth-order valence-corrected chi connectivity index (χ4v) is 3.09. The first-order valence-electron chi connectivity index (χ1n) is 9.31. The van der Waals surface area contributed by atoms with Crippen molar-refractivity contribution in [2.45, 2.75) is 12.6 Å². The maximum atomic E-state index is 11.6. The van der Waals surface area contributed by atoms with Crippen molar-refractivity contribution in [2.75, 3.05) is 5.32 Å². The Morgan fingerprint density at radius 1 is 0.897 bits per heavy atom. The van der Waals surface area contributed by atoms with Gasteiger partial charge in [0, 0.05) is 11.1 Å². The van der Waals surface area contributed by atoms with Gasteiger partial charge < -0.3 is 15.2 Å². The third-order valence-electron chi connectivity index (χ3n) is 4.59. The Labute approximate surface area is 168 Å². The molecule has 0 amide bonds. The monoisotopic (exact) mass is 384 g/mol. The van der Waals surface area contributed by atoms with Crippen LogP contribution in [0, 0.1) is 0 Å². The third kappa shape index (κ3) is 4.52. The minimum absolute atomic E-state index is 0.360. The summed E-state index contributed by atoms with van der Waals surface area (Å²) in [5, 5.41) is 13.7. The van der Waals surface area contributed by atoms with E-state index in [9.17, 15) is 9.90 Å². The zero-order chi connectivity index (χ0) is 20.1. The van der Waals surface area contributed by atoms with Crippen LogP contribution >= 0.6 is 0 Å². The van der Waals surface area contributed by atoms with E-state index in [1.807, 2.05) is 78.9 Å². The molecule has 0 spiro atoms. The first-order chi connectivity index (χ1) is 14.2. The van der Waals surface area contributed by atoms with Gasteiger partial charge in [0.05, 0.1) is 11.2 Å². The molecule has 5 nitrogen and oxygen atoms in total. The molecule has 0 aliphatic heterocycles. The Balaban J connectivity index is 1.41. The minimum atomic E-state index is -0.932. The van der Waals surface area contributed by atoms with Gasteiger partial charge in [0.25, 0.3) is 0 Å². The van der Waals surface area contributed by atoms with Crippen LogP contribution in [0.3, 0.4) is 0 Å². The summed E-state index contributed by atoms with van der Waals surface area (Å²) in [5.74, 6) is -0.240. The summed E-state index contributed by atoms with van der Waals surface area (Å²) in [5.41, 5.74) is 3.19. The zero-order valence-electron chi connectivity index (χ0n) is 15.7. The molecule has 1 heterocycles. The van der Waals surface area contributed by atoms with Gasteiger partial charge in [-0.3, -0.25) is 0 Å². The van der Waals surface area contributed by atoms with Crippen LogP contribution < -0.4 is 10.1 Å². The molecule has 0 aliphatic carbocycles. The van der Waals surface area contributed by atoms with Crippen molar-refractivity contribution in [3.63, 3.8) is 0 Å². The van der Waals surface area contributed by atoms with Crippen LogP contribution in [0.25, 0.3) is 10.9 Å². The van der Waals surface area contributed by atoms with E-state index >= 15 is 0 Å². The number of carbonyl (C=O) groups is 1. The van der Waals surface area contributed by atoms with Crippen LogP contribution in [-0.2, 0) is 11.4 Å². The number of pyridine rings is 1. The van der Waals surface area contributed by atoms with Crippen molar-refractivity contribution in [3.05, 3.63) is 102 Å². The van der Waals surface area contributed by atoms with E-state index in [2.05, 4.69) is 10.3 Å². The number of anilines is 1. The van der Waals surface area contributed by atoms with Crippen molar-refractivity contribution in [1.29, 1.82) is 0 Å². The van der Waals surface area contributed by atoms with Crippen LogP contribution in [0.15, 0.2) is 91.0 Å². The summed E-state index contributed by atoms with van der Waals surface area (Å²) < 4.78 is 5.83. The van der Waals surface area contributed by atoms with E-state index in [0.717, 1.165) is 16.6 Å². The van der Waals surface area contributed by atoms with Crippen molar-refractivity contribution < 1.29 is 14.6 Å². The summed E-state index contributed by atoms with van der Waals surface area (Å²) >= 11 is 0. The highest BCUT2D eigenvalue weighted by Crippen LogP contribution is 2.23. The van der Waals surface area contributed by atoms with Gasteiger partial charge in [-0.25, -0.2) is 9.78 Å². The number of carboxylic acids is 1. The Morgan fingerprint density at radius 2 is 1.62 bits per heavy atom. The second-order valence-corrected chi connectivity index (χ2v) is 6.63. The smallest absolute Gasteiger partial charge is 0.330 e. The third-order valence-corrected chi connectivity index (χ3v) is 4.59. The predicted octanol–water partition coefficient (Wildman–Crippen LogP) is 5.05. The SMILES string of the molecule is O=C(O)C(Nc1ccc(OCc2ccc3ccccc3n2)cc1)c1ccccc1. The second kappa shape index (κ2) is 8.44. The molecule has 4 rings (SSSR count). The van der Waals surface area contributed by atoms with Crippen molar-refractivity contribution in [2.24, 2.45) is 0 Å². The van der Waals surface area contributed by atoms with Crippen LogP contribution in [0.1, 0.15) is 17.3 Å². The van der Waals surface area contributed by atoms with Gasteiger partial charge in [-0.1, -0.05) is 54.6 Å². The van der Waals surface area contributed by atoms with Gasteiger partial charge in [0.2, 0.25) is 0 Å². The molecule has 1 aromatic heterocycles. The van der Waals surface area contributed by atoms with Crippen LogP contribution in [0.4, 0.5) is 5.69 Å². The Kier molecular flexibility index (Phi) is 5.38. The van der Waals surface area contributed by atoms with Gasteiger partial charge in [-0.2, -0.15) is 0 Å². The van der Waals surface area contributed by atoms with Gasteiger partial charge >= 0.3 is 5.97 Å². The lowest BCUT2D eigenvalue weighted by molar-refractivity contribution is -0.138. The molecule has 0 radical (unpaired) electrons. The molecule has 0 aliphatic rings. The topological polar surface area (TPSA) is 71.5 Å². The van der Waals surface area contributed by atoms with Crippen molar-refractivity contribution >= 4 is 22.6 Å². The lowest BCUT2D eigenvalue weighted by Gasteiger charge is -2.16. The molecule has 0 saturated heterocycles. The van der Waals surface area contributed by atoms with Crippen LogP contribution in [0.2, 0.25) is 0 Å². The largest absolute Gasteiger partial charge is 0.487 e. The molecule has 4 aromatic rings. The maximum Gasteiger partial charge on any atom is 0.330 e. The predicted molar refractivity (Wildman–Crippen MR) is 113 cm³/mol. The highest BCUT2D eigenvalue weighted by atomic mass is 16.5. The van der Waals surface area contributed by atoms with Crippen molar-refractivity contribution in [3.8, 4) is 5.75 Å². The van der Waals surface area contributed by atoms with Gasteiger partial charge in [-0.15, -0.1) is 0 Å². The average Bonchev–Trinajstić information content (AvgIpc) is 2.77. The maximum absolute atomic E-state index is 11.6. The molecule has 29 heavy (non-hydrogen) atoms. The number of para-hydroxylation sites is 1. The van der Waals surface area contributed by atoms with E-state index < -0.39 is 12.0 Å². The lowest BCUT2D eigenvalue weighted by Crippen LogP contribution is -2.20. The normalized spacial score (nSPS) is 11.7. The quantitative estimate of drug-likeness (QED) is 0.466. The Morgan fingerprint density at radius 3 is 2.38 bits per heavy atom. The molecule has 0 bridgehead atoms. The summed E-state index contributed by atoms with van der Waals surface area (Å²) in [6, 6.07) is 27.5. The number of fused-ring (bicyclic) bond motifs is 1. The molecule has 1 atom stereocenters. The molecule has 5 heteroatoms. The van der Waals surface area contributed by atoms with E-state index in [4.69, 9.17) is 4.74 Å². The molecule has 3 aromatic carbocycles. The number of aliphatic carboxylic acids is 1. The standard InChI is InChI=1S/C24H20N2O3/c27-24(28)23(18-7-2-1-3-8-18)26-19-12-14-21(15-13-19)29-16-20-11-10-17-6-4-5-9-22(17)25-20/h1-15,23,26H,16H2,(H,27,28). The Hall–Kier alpha value is -3.86. The fourth-order valence-electron chi connectivity index (χ4n) is 3.09. The number of aromatic nitrogens is 1. The summed E-state index contributed by atoms with van der Waals surface area (Å²) in [6.45, 7) is 0.360. The lowest BCUT2D eigenvalue weighted by atomic mass is 10.1. The minimum Gasteiger partial charge on any atom is -0.487 e. The number of rotatable bonds is 7.